The van der Waals surface area contributed by atoms with E-state index in [4.69, 9.17) is 14.2 Å². The average Bonchev–Trinajstić information content (AvgIpc) is 3.02. The van der Waals surface area contributed by atoms with Crippen LogP contribution in [0.5, 0.6) is 11.5 Å². The quantitative estimate of drug-likeness (QED) is 0.538. The largest absolute Gasteiger partial charge is 0.490 e. The number of ether oxygens (including phenoxy) is 3. The van der Waals surface area contributed by atoms with Crippen molar-refractivity contribution in [3.8, 4) is 11.5 Å². The van der Waals surface area contributed by atoms with Crippen LogP contribution in [0.2, 0.25) is 0 Å². The van der Waals surface area contributed by atoms with E-state index in [1.807, 2.05) is 13.8 Å². The summed E-state index contributed by atoms with van der Waals surface area (Å²) in [4.78, 5) is 16.2. The Morgan fingerprint density at radius 2 is 1.93 bits per heavy atom. The van der Waals surface area contributed by atoms with E-state index in [2.05, 4.69) is 4.99 Å². The highest BCUT2D eigenvalue weighted by Crippen LogP contribution is 2.30. The second-order valence-corrected chi connectivity index (χ2v) is 5.80. The predicted molar refractivity (Wildman–Crippen MR) is 100 cm³/mol. The molecule has 0 atom stereocenters. The maximum Gasteiger partial charge on any atom is 0.363 e. The zero-order valence-electron chi connectivity index (χ0n) is 15.2. The van der Waals surface area contributed by atoms with Crippen LogP contribution in [0.3, 0.4) is 0 Å². The van der Waals surface area contributed by atoms with Gasteiger partial charge < -0.3 is 14.2 Å². The molecule has 5 nitrogen and oxygen atoms in total. The van der Waals surface area contributed by atoms with Gasteiger partial charge in [-0.3, -0.25) is 0 Å². The summed E-state index contributed by atoms with van der Waals surface area (Å²) in [6, 6.07) is 11.4. The summed E-state index contributed by atoms with van der Waals surface area (Å²) in [6.45, 7) is 4.98. The molecule has 0 unspecified atom stereocenters. The first-order valence-electron chi connectivity index (χ1n) is 8.79. The van der Waals surface area contributed by atoms with Gasteiger partial charge in [0.1, 0.15) is 5.82 Å². The molecule has 1 aliphatic rings. The van der Waals surface area contributed by atoms with E-state index >= 15 is 0 Å². The van der Waals surface area contributed by atoms with Gasteiger partial charge in [0.25, 0.3) is 0 Å². The van der Waals surface area contributed by atoms with E-state index < -0.39 is 11.8 Å². The summed E-state index contributed by atoms with van der Waals surface area (Å²) in [5, 5.41) is 0. The summed E-state index contributed by atoms with van der Waals surface area (Å²) in [5.74, 6) is 0.0616. The van der Waals surface area contributed by atoms with Crippen LogP contribution in [0.25, 0.3) is 6.08 Å². The monoisotopic (exact) mass is 369 g/mol. The lowest BCUT2D eigenvalue weighted by atomic mass is 10.1. The van der Waals surface area contributed by atoms with Gasteiger partial charge in [0.15, 0.2) is 17.2 Å². The van der Waals surface area contributed by atoms with E-state index in [1.165, 1.54) is 12.1 Å². The van der Waals surface area contributed by atoms with Crippen molar-refractivity contribution in [2.75, 3.05) is 13.2 Å². The Labute approximate surface area is 157 Å². The minimum Gasteiger partial charge on any atom is -0.490 e. The van der Waals surface area contributed by atoms with Crippen molar-refractivity contribution in [1.82, 2.24) is 0 Å². The molecule has 0 saturated carbocycles. The van der Waals surface area contributed by atoms with Gasteiger partial charge in [-0.05, 0) is 49.2 Å². The molecule has 0 radical (unpaired) electrons. The summed E-state index contributed by atoms with van der Waals surface area (Å²) < 4.78 is 30.3. The molecule has 0 amide bonds. The van der Waals surface area contributed by atoms with Gasteiger partial charge in [-0.1, -0.05) is 25.1 Å². The zero-order chi connectivity index (χ0) is 19.2. The maximum absolute atomic E-state index is 13.9. The minimum atomic E-state index is -0.627. The van der Waals surface area contributed by atoms with E-state index in [1.54, 1.807) is 36.4 Å². The van der Waals surface area contributed by atoms with Crippen molar-refractivity contribution in [2.24, 2.45) is 4.99 Å². The molecule has 0 bridgehead atoms. The fraction of sp³-hybridized carbons (Fsp3) is 0.238. The molecule has 0 aliphatic carbocycles. The number of carbonyl (C=O) groups is 1. The first-order valence-corrected chi connectivity index (χ1v) is 8.79. The molecule has 0 spiro atoms. The summed E-state index contributed by atoms with van der Waals surface area (Å²) in [6.07, 6.45) is 2.46. The molecule has 1 aliphatic heterocycles. The van der Waals surface area contributed by atoms with Gasteiger partial charge in [-0.25, -0.2) is 14.2 Å². The third kappa shape index (κ3) is 4.34. The standard InChI is InChI=1S/C21H20FNO4/c1-3-11-26-18-10-9-14(13-19(18)25-4-2)12-17-21(24)27-20(23-17)15-7-5-6-8-16(15)22/h5-10,12-13H,3-4,11H2,1-2H3. The second kappa shape index (κ2) is 8.49. The van der Waals surface area contributed by atoms with Crippen molar-refractivity contribution < 1.29 is 23.4 Å². The van der Waals surface area contributed by atoms with Crippen LogP contribution in [0.4, 0.5) is 4.39 Å². The Morgan fingerprint density at radius 3 is 2.67 bits per heavy atom. The summed E-state index contributed by atoms with van der Waals surface area (Å²) in [7, 11) is 0. The Hall–Kier alpha value is -3.15. The third-order valence-corrected chi connectivity index (χ3v) is 3.76. The predicted octanol–water partition coefficient (Wildman–Crippen LogP) is 4.36. The Morgan fingerprint density at radius 1 is 1.11 bits per heavy atom. The van der Waals surface area contributed by atoms with Crippen LogP contribution in [0, 0.1) is 5.82 Å². The summed E-state index contributed by atoms with van der Waals surface area (Å²) in [5.41, 5.74) is 0.943. The molecule has 0 N–H and O–H groups in total. The van der Waals surface area contributed by atoms with Gasteiger partial charge in [0.05, 0.1) is 18.8 Å². The second-order valence-electron chi connectivity index (χ2n) is 5.80. The molecule has 6 heteroatoms. The van der Waals surface area contributed by atoms with E-state index in [0.717, 1.165) is 6.42 Å². The number of aliphatic imine (C=N–C) groups is 1. The molecule has 0 aromatic heterocycles. The number of esters is 1. The lowest BCUT2D eigenvalue weighted by Gasteiger charge is -2.12. The minimum absolute atomic E-state index is 0.0442. The SMILES string of the molecule is CCCOc1ccc(C=C2N=C(c3ccccc3F)OC2=O)cc1OCC. The van der Waals surface area contributed by atoms with Gasteiger partial charge in [-0.2, -0.15) is 0 Å². The Bertz CT molecular complexity index is 905. The van der Waals surface area contributed by atoms with Crippen molar-refractivity contribution in [1.29, 1.82) is 0 Å². The third-order valence-electron chi connectivity index (χ3n) is 3.76. The lowest BCUT2D eigenvalue weighted by Crippen LogP contribution is -2.07. The van der Waals surface area contributed by atoms with Gasteiger partial charge in [0, 0.05) is 0 Å². The van der Waals surface area contributed by atoms with E-state index in [9.17, 15) is 9.18 Å². The van der Waals surface area contributed by atoms with Crippen molar-refractivity contribution in [3.05, 3.63) is 65.1 Å². The number of halogens is 1. The fourth-order valence-electron chi connectivity index (χ4n) is 2.53. The van der Waals surface area contributed by atoms with Gasteiger partial charge in [0.2, 0.25) is 5.90 Å². The van der Waals surface area contributed by atoms with Crippen LogP contribution in [-0.4, -0.2) is 25.1 Å². The van der Waals surface area contributed by atoms with Crippen molar-refractivity contribution in [3.63, 3.8) is 0 Å². The molecule has 2 aromatic rings. The Kier molecular flexibility index (Phi) is 5.86. The van der Waals surface area contributed by atoms with E-state index in [0.29, 0.717) is 30.3 Å². The first kappa shape index (κ1) is 18.6. The van der Waals surface area contributed by atoms with Crippen LogP contribution in [-0.2, 0) is 9.53 Å². The highest BCUT2D eigenvalue weighted by Gasteiger charge is 2.26. The topological polar surface area (TPSA) is 57.1 Å². The maximum atomic E-state index is 13.9. The van der Waals surface area contributed by atoms with Crippen LogP contribution in [0.1, 0.15) is 31.4 Å². The number of rotatable bonds is 7. The molecule has 2 aromatic carbocycles. The van der Waals surface area contributed by atoms with Crippen LogP contribution >= 0.6 is 0 Å². The smallest absolute Gasteiger partial charge is 0.363 e. The normalized spacial score (nSPS) is 14.9. The molecule has 27 heavy (non-hydrogen) atoms. The van der Waals surface area contributed by atoms with Crippen LogP contribution in [0.15, 0.2) is 53.2 Å². The lowest BCUT2D eigenvalue weighted by molar-refractivity contribution is -0.129. The summed E-state index contributed by atoms with van der Waals surface area (Å²) >= 11 is 0. The molecule has 0 saturated heterocycles. The van der Waals surface area contributed by atoms with Crippen molar-refractivity contribution >= 4 is 17.9 Å². The number of nitrogens with zero attached hydrogens (tertiary/aromatic N) is 1. The molecular formula is C21H20FNO4. The molecule has 1 heterocycles. The molecule has 140 valence electrons. The highest BCUT2D eigenvalue weighted by atomic mass is 19.1. The number of hydrogen-bond acceptors (Lipinski definition) is 5. The first-order chi connectivity index (χ1) is 13.1. The van der Waals surface area contributed by atoms with Gasteiger partial charge in [-0.15, -0.1) is 0 Å². The average molecular weight is 369 g/mol. The van der Waals surface area contributed by atoms with Crippen molar-refractivity contribution in [2.45, 2.75) is 20.3 Å². The zero-order valence-corrected chi connectivity index (χ0v) is 15.2. The number of benzene rings is 2. The Balaban J connectivity index is 1.90. The number of hydrogen-bond donors (Lipinski definition) is 0. The highest BCUT2D eigenvalue weighted by molar-refractivity contribution is 6.12. The van der Waals surface area contributed by atoms with Crippen LogP contribution < -0.4 is 9.47 Å². The van der Waals surface area contributed by atoms with Gasteiger partial charge >= 0.3 is 5.97 Å². The number of cyclic esters (lactones) is 1. The number of carbonyl (C=O) groups excluding carboxylic acids is 1. The molecule has 3 rings (SSSR count). The van der Waals surface area contributed by atoms with E-state index in [-0.39, 0.29) is 17.2 Å². The molecular weight excluding hydrogens is 349 g/mol. The molecule has 0 fully saturated rings. The fourth-order valence-corrected chi connectivity index (χ4v) is 2.53.